The summed E-state index contributed by atoms with van der Waals surface area (Å²) in [5.41, 5.74) is 1.42. The van der Waals surface area contributed by atoms with Crippen LogP contribution in [0, 0.1) is 0 Å². The predicted molar refractivity (Wildman–Crippen MR) is 78.2 cm³/mol. The molecular formula is C14H13N3OS. The first-order valence-electron chi connectivity index (χ1n) is 6.41. The van der Waals surface area contributed by atoms with Crippen molar-refractivity contribution in [1.29, 1.82) is 0 Å². The largest absolute Gasteiger partial charge is 0.296 e. The lowest BCUT2D eigenvalue weighted by molar-refractivity contribution is 0.614. The highest BCUT2D eigenvalue weighted by Gasteiger charge is 2.13. The zero-order valence-electron chi connectivity index (χ0n) is 10.4. The zero-order chi connectivity index (χ0) is 13.2. The Kier molecular flexibility index (Phi) is 3.23. The van der Waals surface area contributed by atoms with Crippen LogP contribution in [0.2, 0.25) is 0 Å². The van der Waals surface area contributed by atoms with Gasteiger partial charge in [0.1, 0.15) is 5.82 Å². The highest BCUT2D eigenvalue weighted by molar-refractivity contribution is 7.78. The van der Waals surface area contributed by atoms with E-state index in [1.165, 1.54) is 0 Å². The Balaban J connectivity index is 2.28. The van der Waals surface area contributed by atoms with Crippen molar-refractivity contribution >= 4 is 34.0 Å². The van der Waals surface area contributed by atoms with E-state index in [1.54, 1.807) is 10.6 Å². The lowest BCUT2D eigenvalue weighted by Crippen LogP contribution is -2.24. The van der Waals surface area contributed by atoms with Gasteiger partial charge in [0.05, 0.1) is 21.8 Å². The highest BCUT2D eigenvalue weighted by atomic mass is 32.1. The summed E-state index contributed by atoms with van der Waals surface area (Å²) in [4.78, 5) is 21.0. The molecule has 0 fully saturated rings. The van der Waals surface area contributed by atoms with Crippen molar-refractivity contribution in [3.63, 3.8) is 0 Å². The molecule has 2 aromatic rings. The van der Waals surface area contributed by atoms with Gasteiger partial charge in [-0.1, -0.05) is 6.42 Å². The van der Waals surface area contributed by atoms with Gasteiger partial charge in [-0.15, -0.1) is 0 Å². The minimum absolute atomic E-state index is 0.0309. The second kappa shape index (κ2) is 5.03. The molecular weight excluding hydrogens is 258 g/mol. The van der Waals surface area contributed by atoms with Gasteiger partial charge in [0.15, 0.2) is 0 Å². The van der Waals surface area contributed by atoms with Crippen LogP contribution < -0.4 is 5.56 Å². The van der Waals surface area contributed by atoms with Crippen molar-refractivity contribution in [1.82, 2.24) is 9.55 Å². The molecule has 1 aliphatic rings. The third-order valence-electron chi connectivity index (χ3n) is 3.47. The van der Waals surface area contributed by atoms with Gasteiger partial charge in [0.2, 0.25) is 0 Å². The number of nitrogens with zero attached hydrogens (tertiary/aromatic N) is 3. The fourth-order valence-electron chi connectivity index (χ4n) is 2.53. The Morgan fingerprint density at radius 3 is 3.05 bits per heavy atom. The number of aromatic nitrogens is 2. The van der Waals surface area contributed by atoms with Gasteiger partial charge >= 0.3 is 0 Å². The molecule has 1 aliphatic heterocycles. The maximum atomic E-state index is 12.5. The van der Waals surface area contributed by atoms with E-state index >= 15 is 0 Å². The molecule has 0 aliphatic carbocycles. The van der Waals surface area contributed by atoms with Crippen molar-refractivity contribution < 1.29 is 0 Å². The standard InChI is InChI=1S/C14H13N3OS/c18-14-11-8-10(15-9-19)5-6-12(11)16-13-4-2-1-3-7-17(13)14/h5-6,8H,1-4,7H2. The number of hydrogen-bond acceptors (Lipinski definition) is 4. The number of thiocarbonyl (C=S) groups is 1. The average molecular weight is 271 g/mol. The van der Waals surface area contributed by atoms with Crippen LogP contribution >= 0.6 is 12.2 Å². The maximum absolute atomic E-state index is 12.5. The van der Waals surface area contributed by atoms with E-state index in [-0.39, 0.29) is 5.56 Å². The first-order chi connectivity index (χ1) is 9.29. The van der Waals surface area contributed by atoms with Gasteiger partial charge in [0, 0.05) is 13.0 Å². The van der Waals surface area contributed by atoms with Gasteiger partial charge in [-0.05, 0) is 43.3 Å². The van der Waals surface area contributed by atoms with Crippen LogP contribution in [-0.4, -0.2) is 14.7 Å². The fourth-order valence-corrected chi connectivity index (χ4v) is 2.63. The van der Waals surface area contributed by atoms with E-state index in [1.807, 2.05) is 12.1 Å². The monoisotopic (exact) mass is 271 g/mol. The van der Waals surface area contributed by atoms with Crippen LogP contribution in [-0.2, 0) is 13.0 Å². The van der Waals surface area contributed by atoms with Crippen LogP contribution in [0.1, 0.15) is 25.1 Å². The lowest BCUT2D eigenvalue weighted by Gasteiger charge is -2.09. The van der Waals surface area contributed by atoms with Crippen LogP contribution in [0.25, 0.3) is 10.9 Å². The van der Waals surface area contributed by atoms with E-state index in [2.05, 4.69) is 27.4 Å². The van der Waals surface area contributed by atoms with Gasteiger partial charge in [0.25, 0.3) is 5.56 Å². The third kappa shape index (κ3) is 2.23. The van der Waals surface area contributed by atoms with E-state index in [0.29, 0.717) is 11.1 Å². The minimum Gasteiger partial charge on any atom is -0.296 e. The quantitative estimate of drug-likeness (QED) is 0.592. The Hall–Kier alpha value is -1.84. The molecule has 19 heavy (non-hydrogen) atoms. The second-order valence-corrected chi connectivity index (χ2v) is 4.88. The number of aryl methyl sites for hydroxylation is 1. The Labute approximate surface area is 115 Å². The smallest absolute Gasteiger partial charge is 0.261 e. The number of aliphatic imine (C=N–C) groups is 1. The van der Waals surface area contributed by atoms with Crippen molar-refractivity contribution in [3.8, 4) is 0 Å². The van der Waals surface area contributed by atoms with E-state index in [0.717, 1.165) is 43.6 Å². The summed E-state index contributed by atoms with van der Waals surface area (Å²) < 4.78 is 1.81. The lowest BCUT2D eigenvalue weighted by atomic mass is 10.2. The first kappa shape index (κ1) is 12.2. The minimum atomic E-state index is 0.0309. The van der Waals surface area contributed by atoms with Gasteiger partial charge in [-0.25, -0.2) is 4.98 Å². The van der Waals surface area contributed by atoms with Gasteiger partial charge < -0.3 is 0 Å². The number of fused-ring (bicyclic) bond motifs is 2. The van der Waals surface area contributed by atoms with Crippen LogP contribution in [0.3, 0.4) is 0 Å². The summed E-state index contributed by atoms with van der Waals surface area (Å²) >= 11 is 4.59. The number of hydrogen-bond donors (Lipinski definition) is 0. The second-order valence-electron chi connectivity index (χ2n) is 4.70. The molecule has 1 aromatic carbocycles. The van der Waals surface area contributed by atoms with Crippen molar-refractivity contribution in [3.05, 3.63) is 34.4 Å². The first-order valence-corrected chi connectivity index (χ1v) is 6.82. The molecule has 0 saturated heterocycles. The molecule has 0 atom stereocenters. The maximum Gasteiger partial charge on any atom is 0.261 e. The summed E-state index contributed by atoms with van der Waals surface area (Å²) in [6, 6.07) is 5.37. The van der Waals surface area contributed by atoms with Crippen molar-refractivity contribution in [2.75, 3.05) is 0 Å². The van der Waals surface area contributed by atoms with Crippen LogP contribution in [0.5, 0.6) is 0 Å². The molecule has 4 nitrogen and oxygen atoms in total. The topological polar surface area (TPSA) is 47.2 Å². The third-order valence-corrected chi connectivity index (χ3v) is 3.56. The summed E-state index contributed by atoms with van der Waals surface area (Å²) in [5.74, 6) is 0.904. The normalized spacial score (nSPS) is 14.5. The predicted octanol–water partition coefficient (Wildman–Crippen LogP) is 2.86. The van der Waals surface area contributed by atoms with Crippen LogP contribution in [0.15, 0.2) is 28.0 Å². The summed E-state index contributed by atoms with van der Waals surface area (Å²) in [7, 11) is 0. The van der Waals surface area contributed by atoms with Crippen molar-refractivity contribution in [2.24, 2.45) is 4.99 Å². The van der Waals surface area contributed by atoms with E-state index in [4.69, 9.17) is 0 Å². The number of benzene rings is 1. The van der Waals surface area contributed by atoms with Gasteiger partial charge in [-0.2, -0.15) is 4.99 Å². The average Bonchev–Trinajstić information content (AvgIpc) is 2.65. The molecule has 1 aromatic heterocycles. The molecule has 0 saturated carbocycles. The Morgan fingerprint density at radius 2 is 2.21 bits per heavy atom. The van der Waals surface area contributed by atoms with Crippen molar-refractivity contribution in [2.45, 2.75) is 32.2 Å². The molecule has 0 spiro atoms. The Morgan fingerprint density at radius 1 is 1.32 bits per heavy atom. The summed E-state index contributed by atoms with van der Waals surface area (Å²) in [5, 5.41) is 2.93. The molecule has 3 rings (SSSR count). The number of isothiocyanates is 1. The van der Waals surface area contributed by atoms with Gasteiger partial charge in [-0.3, -0.25) is 9.36 Å². The van der Waals surface area contributed by atoms with E-state index in [9.17, 15) is 4.79 Å². The molecule has 0 unspecified atom stereocenters. The molecule has 0 amide bonds. The molecule has 96 valence electrons. The Bertz CT molecular complexity index is 744. The fraction of sp³-hybridized carbons (Fsp3) is 0.357. The molecule has 0 N–H and O–H groups in total. The molecule has 0 bridgehead atoms. The molecule has 5 heteroatoms. The van der Waals surface area contributed by atoms with Crippen LogP contribution in [0.4, 0.5) is 5.69 Å². The summed E-state index contributed by atoms with van der Waals surface area (Å²) in [6.07, 6.45) is 4.17. The highest BCUT2D eigenvalue weighted by Crippen LogP contribution is 2.19. The van der Waals surface area contributed by atoms with E-state index < -0.39 is 0 Å². The zero-order valence-corrected chi connectivity index (χ0v) is 11.2. The summed E-state index contributed by atoms with van der Waals surface area (Å²) in [6.45, 7) is 0.762. The molecule has 2 heterocycles. The number of rotatable bonds is 1. The SMILES string of the molecule is O=c1c2cc(N=C=S)ccc2nc2n1CCCCC2. The molecule has 0 radical (unpaired) electrons.